The van der Waals surface area contributed by atoms with Gasteiger partial charge in [0.2, 0.25) is 0 Å². The average molecular weight is 330 g/mol. The van der Waals surface area contributed by atoms with Crippen molar-refractivity contribution in [3.8, 4) is 5.75 Å². The number of benzene rings is 3. The summed E-state index contributed by atoms with van der Waals surface area (Å²) in [6, 6.07) is 17.9. The molecule has 0 aliphatic rings. The van der Waals surface area contributed by atoms with Gasteiger partial charge in [0.15, 0.2) is 0 Å². The predicted molar refractivity (Wildman–Crippen MR) is 99.0 cm³/mol. The first kappa shape index (κ1) is 15.5. The van der Waals surface area contributed by atoms with Gasteiger partial charge in [-0.05, 0) is 53.9 Å². The third-order valence-corrected chi connectivity index (χ3v) is 4.30. The molecule has 25 heavy (non-hydrogen) atoms. The lowest BCUT2D eigenvalue weighted by Gasteiger charge is -2.06. The zero-order valence-corrected chi connectivity index (χ0v) is 14.2. The van der Waals surface area contributed by atoms with Crippen LogP contribution in [0.3, 0.4) is 0 Å². The van der Waals surface area contributed by atoms with Crippen LogP contribution in [0.5, 0.6) is 5.75 Å². The van der Waals surface area contributed by atoms with Gasteiger partial charge in [-0.2, -0.15) is 0 Å². The number of esters is 1. The van der Waals surface area contributed by atoms with E-state index in [1.165, 1.54) is 0 Å². The van der Waals surface area contributed by atoms with Crippen molar-refractivity contribution >= 4 is 27.7 Å². The molecule has 0 saturated carbocycles. The van der Waals surface area contributed by atoms with Crippen LogP contribution in [0.25, 0.3) is 21.7 Å². The molecule has 0 fully saturated rings. The zero-order valence-electron chi connectivity index (χ0n) is 14.2. The Hall–Kier alpha value is -3.07. The number of ether oxygens (including phenoxy) is 1. The maximum atomic E-state index is 12.4. The molecule has 3 nitrogen and oxygen atoms in total. The van der Waals surface area contributed by atoms with Crippen molar-refractivity contribution in [1.82, 2.24) is 0 Å². The Balaban J connectivity index is 1.66. The average Bonchev–Trinajstić information content (AvgIpc) is 2.97. The van der Waals surface area contributed by atoms with Crippen molar-refractivity contribution in [2.24, 2.45) is 0 Å². The molecule has 0 spiro atoms. The number of hydrogen-bond acceptors (Lipinski definition) is 3. The first-order valence-corrected chi connectivity index (χ1v) is 8.27. The van der Waals surface area contributed by atoms with Gasteiger partial charge < -0.3 is 9.15 Å². The molecule has 0 radical (unpaired) electrons. The highest BCUT2D eigenvalue weighted by Crippen LogP contribution is 2.30. The Bertz CT molecular complexity index is 1070. The molecule has 0 aliphatic heterocycles. The Morgan fingerprint density at radius 2 is 1.76 bits per heavy atom. The molecule has 0 saturated heterocycles. The van der Waals surface area contributed by atoms with Gasteiger partial charge in [-0.3, -0.25) is 4.79 Å². The second-order valence-electron chi connectivity index (χ2n) is 6.40. The third-order valence-electron chi connectivity index (χ3n) is 4.30. The number of hydrogen-bond donors (Lipinski definition) is 0. The standard InChI is InChI=1S/C22H18O3/c1-14-9-15(2)11-18(10-14)25-21(23)12-17-13-24-20-8-7-16-5-3-4-6-19(16)22(17)20/h3-11,13H,12H2,1-2H3. The smallest absolute Gasteiger partial charge is 0.315 e. The largest absolute Gasteiger partial charge is 0.464 e. The van der Waals surface area contributed by atoms with E-state index in [2.05, 4.69) is 6.07 Å². The molecular formula is C22H18O3. The summed E-state index contributed by atoms with van der Waals surface area (Å²) in [4.78, 5) is 12.4. The minimum atomic E-state index is -0.291. The van der Waals surface area contributed by atoms with E-state index < -0.39 is 0 Å². The van der Waals surface area contributed by atoms with Gasteiger partial charge in [0, 0.05) is 10.9 Å². The van der Waals surface area contributed by atoms with Gasteiger partial charge in [0.1, 0.15) is 11.3 Å². The van der Waals surface area contributed by atoms with Crippen LogP contribution in [-0.4, -0.2) is 5.97 Å². The fourth-order valence-electron chi connectivity index (χ4n) is 3.32. The minimum absolute atomic E-state index is 0.175. The lowest BCUT2D eigenvalue weighted by molar-refractivity contribution is -0.133. The van der Waals surface area contributed by atoms with E-state index in [4.69, 9.17) is 9.15 Å². The Labute approximate surface area is 145 Å². The van der Waals surface area contributed by atoms with Crippen molar-refractivity contribution in [2.45, 2.75) is 20.3 Å². The first-order valence-electron chi connectivity index (χ1n) is 8.27. The van der Waals surface area contributed by atoms with E-state index in [0.29, 0.717) is 5.75 Å². The molecule has 1 heterocycles. The van der Waals surface area contributed by atoms with Gasteiger partial charge in [-0.25, -0.2) is 0 Å². The van der Waals surface area contributed by atoms with E-state index in [0.717, 1.165) is 38.4 Å². The molecule has 0 N–H and O–H groups in total. The van der Waals surface area contributed by atoms with Crippen molar-refractivity contribution in [1.29, 1.82) is 0 Å². The molecule has 3 aromatic carbocycles. The summed E-state index contributed by atoms with van der Waals surface area (Å²) in [5.41, 5.74) is 3.78. The van der Waals surface area contributed by atoms with Crippen LogP contribution in [-0.2, 0) is 11.2 Å². The molecule has 4 aromatic rings. The fourth-order valence-corrected chi connectivity index (χ4v) is 3.32. The Morgan fingerprint density at radius 1 is 1.00 bits per heavy atom. The van der Waals surface area contributed by atoms with Crippen molar-refractivity contribution in [3.05, 3.63) is 77.6 Å². The quantitative estimate of drug-likeness (QED) is 0.375. The summed E-state index contributed by atoms with van der Waals surface area (Å²) in [6.45, 7) is 3.97. The van der Waals surface area contributed by atoms with E-state index >= 15 is 0 Å². The molecule has 0 atom stereocenters. The third kappa shape index (κ3) is 3.01. The summed E-state index contributed by atoms with van der Waals surface area (Å²) in [5, 5.41) is 3.19. The van der Waals surface area contributed by atoms with Crippen LogP contribution in [0.2, 0.25) is 0 Å². The monoisotopic (exact) mass is 330 g/mol. The topological polar surface area (TPSA) is 39.4 Å². The Morgan fingerprint density at radius 3 is 2.56 bits per heavy atom. The maximum Gasteiger partial charge on any atom is 0.315 e. The second kappa shape index (κ2) is 6.10. The van der Waals surface area contributed by atoms with Gasteiger partial charge in [-0.15, -0.1) is 0 Å². The van der Waals surface area contributed by atoms with Crippen LogP contribution in [0, 0.1) is 13.8 Å². The SMILES string of the molecule is Cc1cc(C)cc(OC(=O)Cc2coc3ccc4ccccc4c23)c1. The van der Waals surface area contributed by atoms with Gasteiger partial charge in [-0.1, -0.05) is 36.4 Å². The van der Waals surface area contributed by atoms with Crippen LogP contribution >= 0.6 is 0 Å². The van der Waals surface area contributed by atoms with E-state index in [-0.39, 0.29) is 12.4 Å². The Kier molecular flexibility index (Phi) is 3.77. The maximum absolute atomic E-state index is 12.4. The van der Waals surface area contributed by atoms with E-state index in [1.54, 1.807) is 6.26 Å². The molecule has 0 unspecified atom stereocenters. The predicted octanol–water partition coefficient (Wildman–Crippen LogP) is 5.35. The highest BCUT2D eigenvalue weighted by atomic mass is 16.5. The van der Waals surface area contributed by atoms with Gasteiger partial charge in [0.05, 0.1) is 12.7 Å². The number of fused-ring (bicyclic) bond motifs is 3. The van der Waals surface area contributed by atoms with Crippen molar-refractivity contribution in [2.75, 3.05) is 0 Å². The second-order valence-corrected chi connectivity index (χ2v) is 6.40. The van der Waals surface area contributed by atoms with Crippen LogP contribution in [0.1, 0.15) is 16.7 Å². The first-order chi connectivity index (χ1) is 12.1. The summed E-state index contributed by atoms with van der Waals surface area (Å²) in [5.74, 6) is 0.292. The summed E-state index contributed by atoms with van der Waals surface area (Å²) in [6.07, 6.45) is 1.83. The highest BCUT2D eigenvalue weighted by Gasteiger charge is 2.14. The zero-order chi connectivity index (χ0) is 17.4. The molecule has 4 rings (SSSR count). The molecule has 124 valence electrons. The molecule has 0 bridgehead atoms. The van der Waals surface area contributed by atoms with Crippen LogP contribution in [0.15, 0.2) is 65.3 Å². The lowest BCUT2D eigenvalue weighted by atomic mass is 10.0. The highest BCUT2D eigenvalue weighted by molar-refractivity contribution is 6.08. The summed E-state index contributed by atoms with van der Waals surface area (Å²) >= 11 is 0. The fraction of sp³-hybridized carbons (Fsp3) is 0.136. The van der Waals surface area contributed by atoms with Crippen molar-refractivity contribution < 1.29 is 13.9 Å². The number of rotatable bonds is 3. The molecule has 3 heteroatoms. The van der Waals surface area contributed by atoms with E-state index in [9.17, 15) is 4.79 Å². The number of aryl methyl sites for hydroxylation is 2. The normalized spacial score (nSPS) is 11.1. The van der Waals surface area contributed by atoms with Crippen LogP contribution in [0.4, 0.5) is 0 Å². The molecule has 1 aromatic heterocycles. The van der Waals surface area contributed by atoms with Gasteiger partial charge in [0.25, 0.3) is 0 Å². The lowest BCUT2D eigenvalue weighted by Crippen LogP contribution is -2.11. The molecule has 0 aliphatic carbocycles. The van der Waals surface area contributed by atoms with E-state index in [1.807, 2.05) is 62.4 Å². The number of carbonyl (C=O) groups excluding carboxylic acids is 1. The van der Waals surface area contributed by atoms with Crippen molar-refractivity contribution in [3.63, 3.8) is 0 Å². The number of furan rings is 1. The van der Waals surface area contributed by atoms with Gasteiger partial charge >= 0.3 is 5.97 Å². The molecule has 0 amide bonds. The van der Waals surface area contributed by atoms with Crippen LogP contribution < -0.4 is 4.74 Å². The molecular weight excluding hydrogens is 312 g/mol. The summed E-state index contributed by atoms with van der Waals surface area (Å²) in [7, 11) is 0. The summed E-state index contributed by atoms with van der Waals surface area (Å²) < 4.78 is 11.2. The number of carbonyl (C=O) groups is 1. The minimum Gasteiger partial charge on any atom is -0.464 e.